The highest BCUT2D eigenvalue weighted by Gasteiger charge is 2.21. The molecule has 18 heavy (non-hydrogen) atoms. The van der Waals surface area contributed by atoms with Crippen LogP contribution in [0.1, 0.15) is 32.3 Å². The minimum absolute atomic E-state index is 0.130. The Bertz CT molecular complexity index is 384. The summed E-state index contributed by atoms with van der Waals surface area (Å²) in [6, 6.07) is 5.72. The molecule has 0 aromatic heterocycles. The van der Waals surface area contributed by atoms with E-state index in [2.05, 4.69) is 12.2 Å². The molecule has 0 aliphatic heterocycles. The lowest BCUT2D eigenvalue weighted by Gasteiger charge is -2.28. The Balaban J connectivity index is 2.65. The molecule has 1 aromatic rings. The number of halogens is 1. The standard InChI is InChI=1S/C14H22ClNO2/c1-4-7-14(2,10-17)16-9-11-5-6-13(18-3)12(15)8-11/h5-6,8,16-17H,4,7,9-10H2,1-3H3. The van der Waals surface area contributed by atoms with Crippen LogP contribution in [-0.4, -0.2) is 24.4 Å². The Kier molecular flexibility index (Phi) is 5.93. The summed E-state index contributed by atoms with van der Waals surface area (Å²) < 4.78 is 5.11. The van der Waals surface area contributed by atoms with Gasteiger partial charge >= 0.3 is 0 Å². The number of rotatable bonds is 7. The van der Waals surface area contributed by atoms with E-state index < -0.39 is 0 Å². The van der Waals surface area contributed by atoms with Crippen LogP contribution in [0.5, 0.6) is 5.75 Å². The second-order valence-corrected chi connectivity index (χ2v) is 5.20. The van der Waals surface area contributed by atoms with E-state index in [0.717, 1.165) is 18.4 Å². The zero-order valence-corrected chi connectivity index (χ0v) is 12.0. The second kappa shape index (κ2) is 6.98. The number of methoxy groups -OCH3 is 1. The molecule has 0 aliphatic rings. The maximum atomic E-state index is 9.42. The lowest BCUT2D eigenvalue weighted by Crippen LogP contribution is -2.45. The second-order valence-electron chi connectivity index (χ2n) is 4.79. The van der Waals surface area contributed by atoms with Gasteiger partial charge in [-0.2, -0.15) is 0 Å². The molecule has 0 fully saturated rings. The smallest absolute Gasteiger partial charge is 0.137 e. The normalized spacial score (nSPS) is 14.3. The van der Waals surface area contributed by atoms with Crippen molar-refractivity contribution in [1.29, 1.82) is 0 Å². The van der Waals surface area contributed by atoms with Crippen LogP contribution in [0, 0.1) is 0 Å². The molecule has 0 amide bonds. The lowest BCUT2D eigenvalue weighted by atomic mass is 9.97. The number of nitrogens with one attached hydrogen (secondary N) is 1. The monoisotopic (exact) mass is 271 g/mol. The van der Waals surface area contributed by atoms with Crippen LogP contribution in [-0.2, 0) is 6.54 Å². The molecule has 2 N–H and O–H groups in total. The van der Waals surface area contributed by atoms with E-state index >= 15 is 0 Å². The molecule has 3 nitrogen and oxygen atoms in total. The van der Waals surface area contributed by atoms with Gasteiger partial charge in [0, 0.05) is 12.1 Å². The topological polar surface area (TPSA) is 41.5 Å². The van der Waals surface area contributed by atoms with Crippen molar-refractivity contribution in [1.82, 2.24) is 5.32 Å². The molecule has 0 radical (unpaired) electrons. The molecule has 0 heterocycles. The fourth-order valence-electron chi connectivity index (χ4n) is 1.91. The molecule has 0 bridgehead atoms. The van der Waals surface area contributed by atoms with E-state index in [1.165, 1.54) is 0 Å². The van der Waals surface area contributed by atoms with Gasteiger partial charge in [0.1, 0.15) is 5.75 Å². The molecule has 4 heteroatoms. The quantitative estimate of drug-likeness (QED) is 0.801. The van der Waals surface area contributed by atoms with Crippen molar-refractivity contribution in [2.24, 2.45) is 0 Å². The molecule has 1 atom stereocenters. The molecule has 1 aromatic carbocycles. The molecule has 0 saturated carbocycles. The summed E-state index contributed by atoms with van der Waals surface area (Å²) in [5.41, 5.74) is 0.845. The van der Waals surface area contributed by atoms with Gasteiger partial charge in [-0.3, -0.25) is 0 Å². The third-order valence-corrected chi connectivity index (χ3v) is 3.38. The van der Waals surface area contributed by atoms with Gasteiger partial charge in [-0.25, -0.2) is 0 Å². The third kappa shape index (κ3) is 4.16. The van der Waals surface area contributed by atoms with Crippen molar-refractivity contribution >= 4 is 11.6 Å². The maximum Gasteiger partial charge on any atom is 0.137 e. The first-order valence-corrected chi connectivity index (χ1v) is 6.60. The Morgan fingerprint density at radius 1 is 1.44 bits per heavy atom. The molecule has 0 aliphatic carbocycles. The number of benzene rings is 1. The van der Waals surface area contributed by atoms with Gasteiger partial charge in [0.05, 0.1) is 18.7 Å². The summed E-state index contributed by atoms with van der Waals surface area (Å²) >= 11 is 6.07. The zero-order valence-electron chi connectivity index (χ0n) is 11.3. The number of aliphatic hydroxyl groups excluding tert-OH is 1. The predicted octanol–water partition coefficient (Wildman–Crippen LogP) is 2.99. The average molecular weight is 272 g/mol. The zero-order chi connectivity index (χ0) is 13.6. The molecule has 0 saturated heterocycles. The summed E-state index contributed by atoms with van der Waals surface area (Å²) in [5, 5.41) is 13.4. The summed E-state index contributed by atoms with van der Waals surface area (Å²) in [7, 11) is 1.60. The van der Waals surface area contributed by atoms with E-state index in [1.54, 1.807) is 7.11 Å². The lowest BCUT2D eigenvalue weighted by molar-refractivity contribution is 0.163. The molecule has 1 unspecified atom stereocenters. The van der Waals surface area contributed by atoms with E-state index in [9.17, 15) is 5.11 Å². The van der Waals surface area contributed by atoms with Crippen LogP contribution < -0.4 is 10.1 Å². The van der Waals surface area contributed by atoms with Gasteiger partial charge in [0.15, 0.2) is 0 Å². The summed E-state index contributed by atoms with van der Waals surface area (Å²) in [5.74, 6) is 0.680. The largest absolute Gasteiger partial charge is 0.495 e. The highest BCUT2D eigenvalue weighted by atomic mass is 35.5. The van der Waals surface area contributed by atoms with Gasteiger partial charge in [0.25, 0.3) is 0 Å². The van der Waals surface area contributed by atoms with Crippen molar-refractivity contribution in [2.45, 2.75) is 38.8 Å². The van der Waals surface area contributed by atoms with Crippen LogP contribution in [0.4, 0.5) is 0 Å². The fourth-order valence-corrected chi connectivity index (χ4v) is 2.19. The Morgan fingerprint density at radius 2 is 2.17 bits per heavy atom. The first-order valence-electron chi connectivity index (χ1n) is 6.23. The van der Waals surface area contributed by atoms with Crippen molar-refractivity contribution in [2.75, 3.05) is 13.7 Å². The van der Waals surface area contributed by atoms with Gasteiger partial charge in [-0.1, -0.05) is 31.0 Å². The van der Waals surface area contributed by atoms with Crippen LogP contribution in [0.25, 0.3) is 0 Å². The highest BCUT2D eigenvalue weighted by Crippen LogP contribution is 2.25. The van der Waals surface area contributed by atoms with E-state index in [4.69, 9.17) is 16.3 Å². The number of ether oxygens (including phenoxy) is 1. The maximum absolute atomic E-state index is 9.42. The van der Waals surface area contributed by atoms with Crippen LogP contribution >= 0.6 is 11.6 Å². The van der Waals surface area contributed by atoms with E-state index in [0.29, 0.717) is 17.3 Å². The van der Waals surface area contributed by atoms with Gasteiger partial charge in [-0.05, 0) is 31.0 Å². The summed E-state index contributed by atoms with van der Waals surface area (Å²) in [6.07, 6.45) is 1.97. The Morgan fingerprint density at radius 3 is 2.67 bits per heavy atom. The minimum atomic E-state index is -0.235. The summed E-state index contributed by atoms with van der Waals surface area (Å²) in [6.45, 7) is 4.95. The van der Waals surface area contributed by atoms with Crippen LogP contribution in [0.15, 0.2) is 18.2 Å². The van der Waals surface area contributed by atoms with E-state index in [-0.39, 0.29) is 12.1 Å². The Labute approximate surface area is 114 Å². The summed E-state index contributed by atoms with van der Waals surface area (Å²) in [4.78, 5) is 0. The first-order chi connectivity index (χ1) is 8.54. The molecular formula is C14H22ClNO2. The number of aliphatic hydroxyl groups is 1. The molecule has 1 rings (SSSR count). The van der Waals surface area contributed by atoms with Crippen LogP contribution in [0.2, 0.25) is 5.02 Å². The number of hydrogen-bond acceptors (Lipinski definition) is 3. The Hall–Kier alpha value is -0.770. The van der Waals surface area contributed by atoms with Crippen molar-refractivity contribution in [3.8, 4) is 5.75 Å². The van der Waals surface area contributed by atoms with Crippen molar-refractivity contribution in [3.05, 3.63) is 28.8 Å². The highest BCUT2D eigenvalue weighted by molar-refractivity contribution is 6.32. The molecule has 102 valence electrons. The predicted molar refractivity (Wildman–Crippen MR) is 75.2 cm³/mol. The first kappa shape index (κ1) is 15.3. The van der Waals surface area contributed by atoms with Gasteiger partial charge in [-0.15, -0.1) is 0 Å². The molecule has 0 spiro atoms. The van der Waals surface area contributed by atoms with Crippen molar-refractivity contribution in [3.63, 3.8) is 0 Å². The fraction of sp³-hybridized carbons (Fsp3) is 0.571. The SMILES string of the molecule is CCCC(C)(CO)NCc1ccc(OC)c(Cl)c1. The molecular weight excluding hydrogens is 250 g/mol. The average Bonchev–Trinajstić information content (AvgIpc) is 2.37. The number of hydrogen-bond donors (Lipinski definition) is 2. The van der Waals surface area contributed by atoms with Gasteiger partial charge < -0.3 is 15.2 Å². The minimum Gasteiger partial charge on any atom is -0.495 e. The van der Waals surface area contributed by atoms with Crippen LogP contribution in [0.3, 0.4) is 0 Å². The third-order valence-electron chi connectivity index (χ3n) is 3.09. The van der Waals surface area contributed by atoms with Gasteiger partial charge in [0.2, 0.25) is 0 Å². The van der Waals surface area contributed by atoms with E-state index in [1.807, 2.05) is 25.1 Å². The van der Waals surface area contributed by atoms with Crippen molar-refractivity contribution < 1.29 is 9.84 Å².